The molecule has 19 heavy (non-hydrogen) atoms. The van der Waals surface area contributed by atoms with Crippen molar-refractivity contribution in [3.05, 3.63) is 23.4 Å². The van der Waals surface area contributed by atoms with E-state index in [-0.39, 0.29) is 5.41 Å². The maximum absolute atomic E-state index is 11.3. The third kappa shape index (κ3) is 2.88. The van der Waals surface area contributed by atoms with Gasteiger partial charge in [-0.1, -0.05) is 20.8 Å². The Balaban J connectivity index is 2.41. The van der Waals surface area contributed by atoms with Crippen molar-refractivity contribution in [3.8, 4) is 0 Å². The van der Waals surface area contributed by atoms with Crippen molar-refractivity contribution < 1.29 is 9.90 Å². The first-order valence-corrected chi connectivity index (χ1v) is 6.78. The number of pyridine rings is 1. The van der Waals surface area contributed by atoms with Crippen molar-refractivity contribution >= 4 is 11.8 Å². The van der Waals surface area contributed by atoms with E-state index in [9.17, 15) is 9.90 Å². The van der Waals surface area contributed by atoms with Crippen molar-refractivity contribution in [2.75, 3.05) is 11.9 Å². The summed E-state index contributed by atoms with van der Waals surface area (Å²) >= 11 is 0. The van der Waals surface area contributed by atoms with Gasteiger partial charge in [0.25, 0.3) is 0 Å². The lowest BCUT2D eigenvalue weighted by molar-refractivity contribution is 0.0696. The molecular weight excluding hydrogens is 240 g/mol. The average molecular weight is 262 g/mol. The second-order valence-electron chi connectivity index (χ2n) is 6.35. The molecule has 4 heteroatoms. The van der Waals surface area contributed by atoms with Crippen LogP contribution in [-0.4, -0.2) is 29.1 Å². The first-order chi connectivity index (χ1) is 8.79. The van der Waals surface area contributed by atoms with Gasteiger partial charge in [-0.25, -0.2) is 9.78 Å². The van der Waals surface area contributed by atoms with E-state index >= 15 is 0 Å². The minimum atomic E-state index is -0.892. The molecule has 1 fully saturated rings. The monoisotopic (exact) mass is 262 g/mol. The van der Waals surface area contributed by atoms with Crippen LogP contribution in [0.1, 0.15) is 56.1 Å². The molecule has 1 N–H and O–H groups in total. The van der Waals surface area contributed by atoms with Gasteiger partial charge in [-0.15, -0.1) is 0 Å². The second kappa shape index (κ2) is 4.83. The molecular formula is C15H22N2O2. The maximum atomic E-state index is 11.3. The number of nitrogens with zero attached hydrogens (tertiary/aromatic N) is 2. The number of hydrogen-bond acceptors (Lipinski definition) is 3. The third-order valence-corrected chi connectivity index (χ3v) is 3.81. The Morgan fingerprint density at radius 3 is 2.42 bits per heavy atom. The molecule has 0 radical (unpaired) electrons. The zero-order chi connectivity index (χ0) is 14.2. The fraction of sp³-hybridized carbons (Fsp3) is 0.600. The van der Waals surface area contributed by atoms with Gasteiger partial charge < -0.3 is 10.0 Å². The zero-order valence-electron chi connectivity index (χ0n) is 12.1. The quantitative estimate of drug-likeness (QED) is 0.909. The lowest BCUT2D eigenvalue weighted by Crippen LogP contribution is -2.38. The van der Waals surface area contributed by atoms with Gasteiger partial charge in [-0.3, -0.25) is 0 Å². The molecule has 0 aliphatic heterocycles. The summed E-state index contributed by atoms with van der Waals surface area (Å²) in [4.78, 5) is 18.0. The number of anilines is 1. The van der Waals surface area contributed by atoms with E-state index in [1.807, 2.05) is 27.8 Å². The number of carboxylic acids is 1. The topological polar surface area (TPSA) is 53.4 Å². The Hall–Kier alpha value is -1.58. The standard InChI is InChI=1S/C15H22N2O2/c1-15(2,3)12-8-10(14(18)19)9-13(16-12)17(4)11-6-5-7-11/h8-9,11H,5-7H2,1-4H3,(H,18,19). The highest BCUT2D eigenvalue weighted by atomic mass is 16.4. The van der Waals surface area contributed by atoms with Crippen molar-refractivity contribution in [1.82, 2.24) is 4.98 Å². The molecule has 0 bridgehead atoms. The number of hydrogen-bond donors (Lipinski definition) is 1. The van der Waals surface area contributed by atoms with Gasteiger partial charge in [0, 0.05) is 24.2 Å². The Bertz CT molecular complexity index is 487. The zero-order valence-corrected chi connectivity index (χ0v) is 12.1. The molecule has 1 aromatic rings. The summed E-state index contributed by atoms with van der Waals surface area (Å²) in [7, 11) is 2.00. The van der Waals surface area contributed by atoms with Crippen LogP contribution in [0.3, 0.4) is 0 Å². The van der Waals surface area contributed by atoms with Gasteiger partial charge in [-0.2, -0.15) is 0 Å². The minimum Gasteiger partial charge on any atom is -0.478 e. The lowest BCUT2D eigenvalue weighted by atomic mass is 9.90. The van der Waals surface area contributed by atoms with Crippen LogP contribution in [0.4, 0.5) is 5.82 Å². The van der Waals surface area contributed by atoms with E-state index in [1.165, 1.54) is 19.3 Å². The highest BCUT2D eigenvalue weighted by Gasteiger charge is 2.25. The smallest absolute Gasteiger partial charge is 0.335 e. The summed E-state index contributed by atoms with van der Waals surface area (Å²) in [6.07, 6.45) is 3.58. The van der Waals surface area contributed by atoms with E-state index in [1.54, 1.807) is 12.1 Å². The number of aromatic nitrogens is 1. The molecule has 4 nitrogen and oxygen atoms in total. The summed E-state index contributed by atoms with van der Waals surface area (Å²) in [5, 5.41) is 9.24. The lowest BCUT2D eigenvalue weighted by Gasteiger charge is -2.36. The van der Waals surface area contributed by atoms with Gasteiger partial charge in [0.15, 0.2) is 0 Å². The van der Waals surface area contributed by atoms with Crippen LogP contribution in [-0.2, 0) is 5.41 Å². The van der Waals surface area contributed by atoms with Crippen LogP contribution in [0, 0.1) is 0 Å². The summed E-state index contributed by atoms with van der Waals surface area (Å²) in [6, 6.07) is 3.86. The third-order valence-electron chi connectivity index (χ3n) is 3.81. The van der Waals surface area contributed by atoms with Crippen LogP contribution in [0.5, 0.6) is 0 Å². The SMILES string of the molecule is CN(c1cc(C(=O)O)cc(C(C)(C)C)n1)C1CCC1. The molecule has 0 amide bonds. The highest BCUT2D eigenvalue weighted by molar-refractivity contribution is 5.88. The van der Waals surface area contributed by atoms with Crippen molar-refractivity contribution in [2.45, 2.75) is 51.5 Å². The maximum Gasteiger partial charge on any atom is 0.335 e. The minimum absolute atomic E-state index is 0.152. The molecule has 104 valence electrons. The molecule has 0 unspecified atom stereocenters. The van der Waals surface area contributed by atoms with Crippen molar-refractivity contribution in [2.24, 2.45) is 0 Å². The van der Waals surface area contributed by atoms with Gasteiger partial charge in [0.1, 0.15) is 5.82 Å². The van der Waals surface area contributed by atoms with Gasteiger partial charge >= 0.3 is 5.97 Å². The first kappa shape index (κ1) is 13.8. The molecule has 1 aliphatic rings. The number of rotatable bonds is 3. The van der Waals surface area contributed by atoms with E-state index in [2.05, 4.69) is 9.88 Å². The molecule has 1 aliphatic carbocycles. The Morgan fingerprint density at radius 1 is 1.37 bits per heavy atom. The summed E-state index contributed by atoms with van der Waals surface area (Å²) < 4.78 is 0. The number of carbonyl (C=O) groups is 1. The predicted molar refractivity (Wildman–Crippen MR) is 75.9 cm³/mol. The molecule has 1 heterocycles. The van der Waals surface area contributed by atoms with Gasteiger partial charge in [-0.05, 0) is 31.4 Å². The Labute approximate surface area is 114 Å². The molecule has 0 saturated heterocycles. The van der Waals surface area contributed by atoms with Gasteiger partial charge in [0.2, 0.25) is 0 Å². The van der Waals surface area contributed by atoms with Crippen LogP contribution < -0.4 is 4.90 Å². The molecule has 0 aromatic carbocycles. The second-order valence-corrected chi connectivity index (χ2v) is 6.35. The Morgan fingerprint density at radius 2 is 2.00 bits per heavy atom. The van der Waals surface area contributed by atoms with Crippen LogP contribution in [0.25, 0.3) is 0 Å². The predicted octanol–water partition coefficient (Wildman–Crippen LogP) is 3.07. The van der Waals surface area contributed by atoms with E-state index in [0.29, 0.717) is 11.6 Å². The van der Waals surface area contributed by atoms with Crippen molar-refractivity contribution in [1.29, 1.82) is 0 Å². The molecule has 1 aromatic heterocycles. The fourth-order valence-electron chi connectivity index (χ4n) is 2.17. The van der Waals surface area contributed by atoms with E-state index in [4.69, 9.17) is 0 Å². The molecule has 0 spiro atoms. The fourth-order valence-corrected chi connectivity index (χ4v) is 2.17. The largest absolute Gasteiger partial charge is 0.478 e. The average Bonchev–Trinajstić information content (AvgIpc) is 2.24. The molecule has 2 rings (SSSR count). The van der Waals surface area contributed by atoms with E-state index < -0.39 is 5.97 Å². The number of aromatic carboxylic acids is 1. The van der Waals surface area contributed by atoms with Gasteiger partial charge in [0.05, 0.1) is 5.56 Å². The molecule has 1 saturated carbocycles. The summed E-state index contributed by atoms with van der Waals surface area (Å²) in [5.74, 6) is -0.120. The van der Waals surface area contributed by atoms with Crippen LogP contribution in [0.2, 0.25) is 0 Å². The number of carboxylic acid groups (broad SMARTS) is 1. The first-order valence-electron chi connectivity index (χ1n) is 6.78. The van der Waals surface area contributed by atoms with Crippen LogP contribution in [0.15, 0.2) is 12.1 Å². The summed E-state index contributed by atoms with van der Waals surface area (Å²) in [6.45, 7) is 6.15. The highest BCUT2D eigenvalue weighted by Crippen LogP contribution is 2.30. The van der Waals surface area contributed by atoms with E-state index in [0.717, 1.165) is 11.5 Å². The van der Waals surface area contributed by atoms with Crippen molar-refractivity contribution in [3.63, 3.8) is 0 Å². The molecule has 0 atom stereocenters. The Kier molecular flexibility index (Phi) is 3.52. The summed E-state index contributed by atoms with van der Waals surface area (Å²) in [5.41, 5.74) is 0.996. The van der Waals surface area contributed by atoms with Crippen LogP contribution >= 0.6 is 0 Å². The normalized spacial score (nSPS) is 16.0.